The second-order valence-corrected chi connectivity index (χ2v) is 1.73. The van der Waals surface area contributed by atoms with Gasteiger partial charge in [-0.1, -0.05) is 13.1 Å². The molecule has 0 saturated carbocycles. The molecule has 0 rings (SSSR count). The largest absolute Gasteiger partial charge is 0.0743 e. The van der Waals surface area contributed by atoms with Crippen molar-refractivity contribution >= 4 is 33.9 Å². The van der Waals surface area contributed by atoms with E-state index in [-0.39, 0.29) is 24.4 Å². The van der Waals surface area contributed by atoms with Crippen LogP contribution in [0.15, 0.2) is 0 Å². The monoisotopic (exact) mass is 180 g/mol. The molecular weight excluding hydrogens is 174 g/mol. The molecule has 0 aliphatic rings. The number of hydrogen-bond donors (Lipinski definition) is 0. The Bertz CT molecular complexity index is 6.00. The third-order valence-corrected chi connectivity index (χ3v) is 0. The second-order valence-electron chi connectivity index (χ2n) is 0.577. The van der Waals surface area contributed by atoms with Crippen LogP contribution >= 0.6 is 0 Å². The predicted octanol–water partition coefficient (Wildman–Crippen LogP) is 0.138. The molecule has 0 bridgehead atoms. The Balaban J connectivity index is 0. The maximum atomic E-state index is 2.21. The summed E-state index contributed by atoms with van der Waals surface area (Å²) in [5.41, 5.74) is 0. The first kappa shape index (κ1) is 8.90. The Labute approximate surface area is 47.2 Å². The summed E-state index contributed by atoms with van der Waals surface area (Å²) in [5, 5.41) is 0. The summed E-state index contributed by atoms with van der Waals surface area (Å²) >= 11 is 0. The molecule has 0 aliphatic carbocycles. The van der Waals surface area contributed by atoms with Gasteiger partial charge in [0, 0.05) is 33.9 Å². The van der Waals surface area contributed by atoms with Crippen LogP contribution in [-0.4, -0.2) is 33.9 Å². The Morgan fingerprint density at radius 2 is 1.25 bits per heavy atom. The van der Waals surface area contributed by atoms with Crippen LogP contribution in [0.25, 0.3) is 0 Å². The van der Waals surface area contributed by atoms with E-state index >= 15 is 0 Å². The maximum Gasteiger partial charge on any atom is 0.0213 e. The molecular formula is C2H7SbSi. The molecule has 24 valence electrons. The van der Waals surface area contributed by atoms with E-state index in [9.17, 15) is 0 Å². The van der Waals surface area contributed by atoms with Gasteiger partial charge in [0.05, 0.1) is 0 Å². The van der Waals surface area contributed by atoms with Crippen molar-refractivity contribution in [1.82, 2.24) is 0 Å². The molecule has 0 saturated heterocycles. The molecule has 0 aromatic heterocycles. The molecule has 4 heavy (non-hydrogen) atoms. The van der Waals surface area contributed by atoms with Crippen LogP contribution in [0.3, 0.4) is 0 Å². The van der Waals surface area contributed by atoms with Crippen molar-refractivity contribution in [2.24, 2.45) is 0 Å². The first-order valence-electron chi connectivity index (χ1n) is 1.15. The predicted molar refractivity (Wildman–Crippen MR) is 24.6 cm³/mol. The fourth-order valence-electron chi connectivity index (χ4n) is 0. The number of rotatable bonds is 0. The van der Waals surface area contributed by atoms with Gasteiger partial charge in [-0.25, -0.2) is 0 Å². The Morgan fingerprint density at radius 1 is 1.25 bits per heavy atom. The summed E-state index contributed by atoms with van der Waals surface area (Å²) in [6.45, 7) is 4.42. The van der Waals surface area contributed by atoms with E-state index in [1.165, 1.54) is 0 Å². The van der Waals surface area contributed by atoms with Gasteiger partial charge in [0.2, 0.25) is 0 Å². The first-order chi connectivity index (χ1) is 1.41. The van der Waals surface area contributed by atoms with Crippen molar-refractivity contribution in [3.63, 3.8) is 0 Å². The van der Waals surface area contributed by atoms with Gasteiger partial charge < -0.3 is 0 Å². The van der Waals surface area contributed by atoms with Crippen LogP contribution in [-0.2, 0) is 0 Å². The summed E-state index contributed by atoms with van der Waals surface area (Å²) in [5.74, 6) is 0. The van der Waals surface area contributed by atoms with Gasteiger partial charge in [0.1, 0.15) is 0 Å². The first-order valence-corrected chi connectivity index (χ1v) is 3.46. The van der Waals surface area contributed by atoms with E-state index < -0.39 is 0 Å². The van der Waals surface area contributed by atoms with Crippen LogP contribution in [0.2, 0.25) is 13.1 Å². The summed E-state index contributed by atoms with van der Waals surface area (Å²) in [6, 6.07) is 0. The molecule has 0 atom stereocenters. The fourth-order valence-corrected chi connectivity index (χ4v) is 0. The van der Waals surface area contributed by atoms with Crippen molar-refractivity contribution in [2.75, 3.05) is 0 Å². The summed E-state index contributed by atoms with van der Waals surface area (Å²) in [6.07, 6.45) is 0. The van der Waals surface area contributed by atoms with Gasteiger partial charge in [0.25, 0.3) is 0 Å². The van der Waals surface area contributed by atoms with Crippen molar-refractivity contribution in [2.45, 2.75) is 13.1 Å². The molecule has 0 aliphatic heterocycles. The minimum Gasteiger partial charge on any atom is -0.0743 e. The van der Waals surface area contributed by atoms with Gasteiger partial charge in [-0.3, -0.25) is 0 Å². The molecule has 0 amide bonds. The topological polar surface area (TPSA) is 0 Å². The molecule has 0 heterocycles. The van der Waals surface area contributed by atoms with E-state index in [2.05, 4.69) is 13.1 Å². The molecule has 0 N–H and O–H groups in total. The zero-order valence-corrected chi connectivity index (χ0v) is 6.73. The van der Waals surface area contributed by atoms with E-state index in [4.69, 9.17) is 0 Å². The van der Waals surface area contributed by atoms with E-state index in [0.717, 1.165) is 9.52 Å². The molecule has 4 radical (unpaired) electrons. The van der Waals surface area contributed by atoms with Crippen LogP contribution in [0.4, 0.5) is 0 Å². The third-order valence-electron chi connectivity index (χ3n) is 0. The van der Waals surface area contributed by atoms with Crippen LogP contribution in [0.1, 0.15) is 0 Å². The minimum absolute atomic E-state index is 0. The Morgan fingerprint density at radius 3 is 1.25 bits per heavy atom. The Kier molecular flexibility index (Phi) is 20.0. The molecule has 0 fully saturated rings. The molecule has 0 unspecified atom stereocenters. The fraction of sp³-hybridized carbons (Fsp3) is 1.00. The molecule has 0 aromatic carbocycles. The van der Waals surface area contributed by atoms with Crippen LogP contribution in [0, 0.1) is 0 Å². The zero-order valence-electron chi connectivity index (χ0n) is 3.02. The van der Waals surface area contributed by atoms with Crippen molar-refractivity contribution < 1.29 is 0 Å². The normalized spacial score (nSPS) is 4.50. The molecule has 0 nitrogen and oxygen atoms in total. The third kappa shape index (κ3) is 11.7. The SMILES string of the molecule is C[SiH]C.[Sb]. The summed E-state index contributed by atoms with van der Waals surface area (Å²) in [7, 11) is 0.750. The summed E-state index contributed by atoms with van der Waals surface area (Å²) < 4.78 is 0. The quantitative estimate of drug-likeness (QED) is 0.466. The van der Waals surface area contributed by atoms with Crippen molar-refractivity contribution in [3.8, 4) is 0 Å². The van der Waals surface area contributed by atoms with Gasteiger partial charge in [-0.2, -0.15) is 0 Å². The summed E-state index contributed by atoms with van der Waals surface area (Å²) in [4.78, 5) is 0. The van der Waals surface area contributed by atoms with E-state index in [1.54, 1.807) is 0 Å². The van der Waals surface area contributed by atoms with Gasteiger partial charge in [0.15, 0.2) is 0 Å². The Hall–Kier alpha value is 1.04. The number of hydrogen-bond acceptors (Lipinski definition) is 0. The average Bonchev–Trinajstić information content (AvgIpc) is 0.918. The average molecular weight is 181 g/mol. The van der Waals surface area contributed by atoms with Crippen molar-refractivity contribution in [3.05, 3.63) is 0 Å². The van der Waals surface area contributed by atoms with Crippen LogP contribution < -0.4 is 0 Å². The van der Waals surface area contributed by atoms with E-state index in [0.29, 0.717) is 0 Å². The second kappa shape index (κ2) is 8.97. The standard InChI is InChI=1S/C2H7Si.Sb/c1-3-2;/h3H,1-2H3;. The minimum atomic E-state index is 0. The molecule has 0 spiro atoms. The van der Waals surface area contributed by atoms with Gasteiger partial charge in [-0.05, 0) is 0 Å². The molecule has 2 heteroatoms. The van der Waals surface area contributed by atoms with Gasteiger partial charge >= 0.3 is 0 Å². The van der Waals surface area contributed by atoms with Crippen LogP contribution in [0.5, 0.6) is 0 Å². The van der Waals surface area contributed by atoms with E-state index in [1.807, 2.05) is 0 Å². The van der Waals surface area contributed by atoms with Crippen molar-refractivity contribution in [1.29, 1.82) is 0 Å². The maximum absolute atomic E-state index is 2.21. The smallest absolute Gasteiger partial charge is 0.0213 e. The van der Waals surface area contributed by atoms with Gasteiger partial charge in [-0.15, -0.1) is 0 Å². The molecule has 0 aromatic rings. The zero-order chi connectivity index (χ0) is 2.71.